The van der Waals surface area contributed by atoms with Gasteiger partial charge in [0.1, 0.15) is 11.1 Å². The molecule has 0 bridgehead atoms. The third-order valence-electron chi connectivity index (χ3n) is 3.52. The molecule has 1 aromatic heterocycles. The molecule has 21 heavy (non-hydrogen) atoms. The number of benzene rings is 1. The van der Waals surface area contributed by atoms with Crippen LogP contribution in [0.1, 0.15) is 17.3 Å². The quantitative estimate of drug-likeness (QED) is 0.601. The van der Waals surface area contributed by atoms with Gasteiger partial charge in [0.25, 0.3) is 0 Å². The van der Waals surface area contributed by atoms with E-state index in [0.29, 0.717) is 5.58 Å². The maximum absolute atomic E-state index is 12.2. The lowest BCUT2D eigenvalue weighted by Crippen LogP contribution is -2.35. The minimum Gasteiger partial charge on any atom is -0.422 e. The number of ketones is 1. The van der Waals surface area contributed by atoms with Crippen molar-refractivity contribution in [2.45, 2.75) is 6.92 Å². The van der Waals surface area contributed by atoms with Crippen LogP contribution in [-0.2, 0) is 0 Å². The van der Waals surface area contributed by atoms with Gasteiger partial charge < -0.3 is 9.32 Å². The van der Waals surface area contributed by atoms with Gasteiger partial charge in [0.05, 0.1) is 5.69 Å². The van der Waals surface area contributed by atoms with Crippen molar-refractivity contribution in [3.8, 4) is 0 Å². The Kier molecular flexibility index (Phi) is 4.08. The molecular weight excluding hydrogens is 354 g/mol. The number of hydrogen-bond donors (Lipinski definition) is 0. The van der Waals surface area contributed by atoms with E-state index in [9.17, 15) is 9.59 Å². The van der Waals surface area contributed by atoms with E-state index in [1.165, 1.54) is 6.92 Å². The second-order valence-corrected chi connectivity index (χ2v) is 7.05. The molecule has 4 nitrogen and oxygen atoms in total. The minimum atomic E-state index is -0.554. The minimum absolute atomic E-state index is 0.164. The van der Waals surface area contributed by atoms with E-state index in [-0.39, 0.29) is 11.3 Å². The first kappa shape index (κ1) is 14.7. The summed E-state index contributed by atoms with van der Waals surface area (Å²) >= 11 is 5.26. The Hall–Kier alpha value is -1.27. The number of carbonyl (C=O) groups is 1. The first-order chi connectivity index (χ1) is 10.1. The molecule has 2 aromatic rings. The second kappa shape index (κ2) is 5.85. The summed E-state index contributed by atoms with van der Waals surface area (Å²) in [6.45, 7) is 3.08. The van der Waals surface area contributed by atoms with Gasteiger partial charge in [0.15, 0.2) is 5.78 Å². The summed E-state index contributed by atoms with van der Waals surface area (Å²) in [7, 11) is 0. The summed E-state index contributed by atoms with van der Waals surface area (Å²) in [4.78, 5) is 26.3. The molecule has 1 fully saturated rings. The smallest absolute Gasteiger partial charge is 0.349 e. The molecule has 1 saturated heterocycles. The van der Waals surface area contributed by atoms with E-state index in [0.717, 1.165) is 40.1 Å². The lowest BCUT2D eigenvalue weighted by atomic mass is 10.1. The zero-order valence-electron chi connectivity index (χ0n) is 11.5. The van der Waals surface area contributed by atoms with Crippen LogP contribution in [0.15, 0.2) is 31.9 Å². The van der Waals surface area contributed by atoms with Gasteiger partial charge in [-0.15, -0.1) is 0 Å². The van der Waals surface area contributed by atoms with Crippen LogP contribution in [-0.4, -0.2) is 30.4 Å². The molecule has 1 aromatic carbocycles. The molecule has 0 unspecified atom stereocenters. The predicted octanol–water partition coefficient (Wildman–Crippen LogP) is 3.31. The molecule has 0 radical (unpaired) electrons. The Morgan fingerprint density at radius 1 is 1.33 bits per heavy atom. The second-order valence-electron chi connectivity index (χ2n) is 4.91. The summed E-state index contributed by atoms with van der Waals surface area (Å²) in [5.74, 6) is 1.74. The van der Waals surface area contributed by atoms with Gasteiger partial charge in [0.2, 0.25) is 0 Å². The van der Waals surface area contributed by atoms with Crippen molar-refractivity contribution in [3.05, 3.63) is 38.7 Å². The highest BCUT2D eigenvalue weighted by atomic mass is 79.9. The van der Waals surface area contributed by atoms with Crippen LogP contribution in [0.25, 0.3) is 11.0 Å². The molecule has 1 aliphatic heterocycles. The molecule has 0 saturated carbocycles. The number of carbonyl (C=O) groups excluding carboxylic acids is 1. The Labute approximate surface area is 134 Å². The Bertz CT molecular complexity index is 765. The number of nitrogens with zero attached hydrogens (tertiary/aromatic N) is 1. The van der Waals surface area contributed by atoms with Crippen molar-refractivity contribution in [3.63, 3.8) is 0 Å². The molecular formula is C15H14BrNO3S. The predicted molar refractivity (Wildman–Crippen MR) is 89.7 cm³/mol. The Morgan fingerprint density at radius 3 is 2.71 bits per heavy atom. The van der Waals surface area contributed by atoms with Gasteiger partial charge in [0, 0.05) is 34.5 Å². The van der Waals surface area contributed by atoms with Crippen molar-refractivity contribution in [2.24, 2.45) is 0 Å². The van der Waals surface area contributed by atoms with Crippen LogP contribution in [0.2, 0.25) is 0 Å². The largest absolute Gasteiger partial charge is 0.422 e. The number of rotatable bonds is 2. The Morgan fingerprint density at radius 2 is 2.05 bits per heavy atom. The fraction of sp³-hybridized carbons (Fsp3) is 0.333. The van der Waals surface area contributed by atoms with Crippen LogP contribution in [0.3, 0.4) is 0 Å². The fourth-order valence-electron chi connectivity index (χ4n) is 2.58. The van der Waals surface area contributed by atoms with Crippen molar-refractivity contribution < 1.29 is 9.21 Å². The van der Waals surface area contributed by atoms with Crippen molar-refractivity contribution in [1.82, 2.24) is 0 Å². The molecule has 6 heteroatoms. The van der Waals surface area contributed by atoms with Crippen LogP contribution < -0.4 is 10.5 Å². The molecule has 0 spiro atoms. The van der Waals surface area contributed by atoms with Crippen molar-refractivity contribution >= 4 is 50.1 Å². The summed E-state index contributed by atoms with van der Waals surface area (Å²) in [5.41, 5.74) is 0.840. The fourth-order valence-corrected chi connectivity index (χ4v) is 3.83. The summed E-state index contributed by atoms with van der Waals surface area (Å²) < 4.78 is 6.17. The van der Waals surface area contributed by atoms with Gasteiger partial charge in [-0.05, 0) is 25.1 Å². The van der Waals surface area contributed by atoms with Gasteiger partial charge in [-0.2, -0.15) is 11.8 Å². The third-order valence-corrected chi connectivity index (χ3v) is 4.96. The van der Waals surface area contributed by atoms with Crippen LogP contribution in [0, 0.1) is 0 Å². The topological polar surface area (TPSA) is 50.5 Å². The lowest BCUT2D eigenvalue weighted by Gasteiger charge is -2.30. The first-order valence-electron chi connectivity index (χ1n) is 6.68. The van der Waals surface area contributed by atoms with Gasteiger partial charge in [-0.3, -0.25) is 4.79 Å². The van der Waals surface area contributed by atoms with E-state index in [4.69, 9.17) is 4.42 Å². The molecule has 1 aliphatic rings. The number of hydrogen-bond acceptors (Lipinski definition) is 5. The lowest BCUT2D eigenvalue weighted by molar-refractivity contribution is 0.101. The van der Waals surface area contributed by atoms with Gasteiger partial charge >= 0.3 is 5.63 Å². The van der Waals surface area contributed by atoms with E-state index >= 15 is 0 Å². The zero-order chi connectivity index (χ0) is 15.0. The first-order valence-corrected chi connectivity index (χ1v) is 8.62. The SMILES string of the molecule is CC(=O)c1c(N2CCSCC2)c2ccc(Br)cc2oc1=O. The van der Waals surface area contributed by atoms with E-state index in [2.05, 4.69) is 20.8 Å². The van der Waals surface area contributed by atoms with E-state index in [1.807, 2.05) is 23.9 Å². The van der Waals surface area contributed by atoms with Crippen molar-refractivity contribution in [2.75, 3.05) is 29.5 Å². The van der Waals surface area contributed by atoms with E-state index in [1.54, 1.807) is 6.07 Å². The average molecular weight is 368 g/mol. The van der Waals surface area contributed by atoms with Gasteiger partial charge in [-0.1, -0.05) is 15.9 Å². The van der Waals surface area contributed by atoms with Crippen LogP contribution in [0.5, 0.6) is 0 Å². The number of fused-ring (bicyclic) bond motifs is 1. The maximum Gasteiger partial charge on any atom is 0.349 e. The monoisotopic (exact) mass is 367 g/mol. The average Bonchev–Trinajstić information content (AvgIpc) is 2.46. The molecule has 0 aliphatic carbocycles. The molecule has 2 heterocycles. The Balaban J connectivity index is 2.33. The normalized spacial score (nSPS) is 15.4. The summed E-state index contributed by atoms with van der Waals surface area (Å²) in [6, 6.07) is 5.56. The van der Waals surface area contributed by atoms with Crippen LogP contribution in [0.4, 0.5) is 5.69 Å². The highest BCUT2D eigenvalue weighted by molar-refractivity contribution is 9.10. The third kappa shape index (κ3) is 2.74. The summed E-state index contributed by atoms with van der Waals surface area (Å²) in [6.07, 6.45) is 0. The van der Waals surface area contributed by atoms with Crippen molar-refractivity contribution in [1.29, 1.82) is 0 Å². The number of anilines is 1. The van der Waals surface area contributed by atoms with Gasteiger partial charge in [-0.25, -0.2) is 4.79 Å². The molecule has 0 N–H and O–H groups in total. The van der Waals surface area contributed by atoms with Crippen LogP contribution >= 0.6 is 27.7 Å². The van der Waals surface area contributed by atoms with E-state index < -0.39 is 5.63 Å². The number of thioether (sulfide) groups is 1. The number of halogens is 1. The molecule has 3 rings (SSSR count). The maximum atomic E-state index is 12.2. The molecule has 110 valence electrons. The molecule has 0 atom stereocenters. The number of Topliss-reactive ketones (excluding diaryl/α,β-unsaturated/α-hetero) is 1. The summed E-state index contributed by atoms with van der Waals surface area (Å²) in [5, 5.41) is 0.815. The standard InChI is InChI=1S/C15H14BrNO3S/c1-9(18)13-14(17-4-6-21-7-5-17)11-3-2-10(16)8-12(11)20-15(13)19/h2-3,8H,4-7H2,1H3. The highest BCUT2D eigenvalue weighted by Crippen LogP contribution is 2.32. The highest BCUT2D eigenvalue weighted by Gasteiger charge is 2.24. The zero-order valence-corrected chi connectivity index (χ0v) is 13.9. The molecule has 0 amide bonds.